The van der Waals surface area contributed by atoms with Crippen LogP contribution in [-0.4, -0.2) is 23.8 Å². The zero-order chi connectivity index (χ0) is 24.0. The molecule has 3 aromatic rings. The smallest absolute Gasteiger partial charge is 0.128 e. The van der Waals surface area contributed by atoms with Crippen LogP contribution in [0.3, 0.4) is 0 Å². The van der Waals surface area contributed by atoms with Crippen molar-refractivity contribution in [1.82, 2.24) is 0 Å². The second kappa shape index (κ2) is 9.39. The van der Waals surface area contributed by atoms with Crippen LogP contribution in [0, 0.1) is 11.3 Å². The lowest BCUT2D eigenvalue weighted by Gasteiger charge is -2.59. The van der Waals surface area contributed by atoms with E-state index in [1.165, 1.54) is 5.56 Å². The molecule has 2 aliphatic rings. The molecular formula is C28H29BrCl2N2O. The van der Waals surface area contributed by atoms with Crippen LogP contribution in [0.1, 0.15) is 38.4 Å². The Hall–Kier alpha value is -1.72. The summed E-state index contributed by atoms with van der Waals surface area (Å²) in [5.41, 5.74) is 3.45. The van der Waals surface area contributed by atoms with Crippen molar-refractivity contribution in [3.63, 3.8) is 0 Å². The summed E-state index contributed by atoms with van der Waals surface area (Å²) >= 11 is 16.1. The van der Waals surface area contributed by atoms with Gasteiger partial charge in [0.05, 0.1) is 6.10 Å². The number of fused-ring (bicyclic) bond motifs is 1. The van der Waals surface area contributed by atoms with Crippen molar-refractivity contribution in [2.45, 2.75) is 45.0 Å². The number of nitrogens with zero attached hydrogens (tertiary/aromatic N) is 2. The minimum Gasteiger partial charge on any atom is -0.393 e. The zero-order valence-corrected chi connectivity index (χ0v) is 22.4. The second-order valence-corrected chi connectivity index (χ2v) is 12.1. The molecule has 1 aliphatic carbocycles. The van der Waals surface area contributed by atoms with Gasteiger partial charge in [-0.3, -0.25) is 0 Å². The SMILES string of the molecule is CC1(C)CC(O)C2CN(c3ccc(Cl)cc3)C(c3ccc(Br)cc3)N(c3ccc(Cl)cc3)C2C1. The molecule has 34 heavy (non-hydrogen) atoms. The monoisotopic (exact) mass is 558 g/mol. The summed E-state index contributed by atoms with van der Waals surface area (Å²) in [4.78, 5) is 4.92. The van der Waals surface area contributed by atoms with Crippen LogP contribution in [0.4, 0.5) is 11.4 Å². The van der Waals surface area contributed by atoms with E-state index in [9.17, 15) is 5.11 Å². The fraction of sp³-hybridized carbons (Fsp3) is 0.357. The number of benzene rings is 3. The maximum Gasteiger partial charge on any atom is 0.128 e. The number of rotatable bonds is 3. The molecule has 0 spiro atoms. The third kappa shape index (κ3) is 4.70. The molecule has 1 heterocycles. The average molecular weight is 560 g/mol. The Morgan fingerprint density at radius 2 is 1.38 bits per heavy atom. The summed E-state index contributed by atoms with van der Waals surface area (Å²) in [6, 6.07) is 24.9. The number of aliphatic hydroxyl groups excluding tert-OH is 1. The van der Waals surface area contributed by atoms with Gasteiger partial charge in [-0.1, -0.05) is 65.1 Å². The van der Waals surface area contributed by atoms with E-state index in [2.05, 4.69) is 88.1 Å². The highest BCUT2D eigenvalue weighted by molar-refractivity contribution is 9.10. The maximum absolute atomic E-state index is 11.3. The quantitative estimate of drug-likeness (QED) is 0.352. The fourth-order valence-corrected chi connectivity index (χ4v) is 6.30. The predicted octanol–water partition coefficient (Wildman–Crippen LogP) is 7.95. The van der Waals surface area contributed by atoms with Crippen LogP contribution in [0.15, 0.2) is 77.3 Å². The average Bonchev–Trinajstić information content (AvgIpc) is 2.79. The van der Waals surface area contributed by atoms with Gasteiger partial charge in [0.15, 0.2) is 0 Å². The van der Waals surface area contributed by atoms with Gasteiger partial charge in [-0.15, -0.1) is 0 Å². The molecule has 3 aromatic carbocycles. The van der Waals surface area contributed by atoms with Gasteiger partial charge in [-0.25, -0.2) is 0 Å². The molecule has 0 radical (unpaired) electrons. The largest absolute Gasteiger partial charge is 0.393 e. The molecule has 2 fully saturated rings. The van der Waals surface area contributed by atoms with Crippen molar-refractivity contribution in [2.75, 3.05) is 16.3 Å². The summed E-state index contributed by atoms with van der Waals surface area (Å²) < 4.78 is 1.05. The lowest BCUT2D eigenvalue weighted by molar-refractivity contribution is -0.00719. The summed E-state index contributed by atoms with van der Waals surface area (Å²) in [5.74, 6) is 0.117. The van der Waals surface area contributed by atoms with Crippen LogP contribution in [0.25, 0.3) is 0 Å². The number of hydrogen-bond donors (Lipinski definition) is 1. The number of anilines is 2. The molecule has 4 unspecified atom stereocenters. The van der Waals surface area contributed by atoms with Crippen LogP contribution in [0.2, 0.25) is 10.0 Å². The summed E-state index contributed by atoms with van der Waals surface area (Å²) in [5, 5.41) is 12.8. The van der Waals surface area contributed by atoms with E-state index in [1.54, 1.807) is 0 Å². The Bertz CT molecular complexity index is 1130. The summed E-state index contributed by atoms with van der Waals surface area (Å²) in [6.45, 7) is 5.31. The van der Waals surface area contributed by atoms with Crippen molar-refractivity contribution >= 4 is 50.5 Å². The van der Waals surface area contributed by atoms with Gasteiger partial charge in [0.25, 0.3) is 0 Å². The van der Waals surface area contributed by atoms with E-state index in [0.717, 1.165) is 40.3 Å². The van der Waals surface area contributed by atoms with E-state index >= 15 is 0 Å². The second-order valence-electron chi connectivity index (χ2n) is 10.3. The van der Waals surface area contributed by atoms with Crippen molar-refractivity contribution in [3.05, 3.63) is 92.9 Å². The Labute approximate surface area is 220 Å². The molecular weight excluding hydrogens is 531 g/mol. The molecule has 1 saturated heterocycles. The first-order valence-corrected chi connectivity index (χ1v) is 13.3. The fourth-order valence-electron chi connectivity index (χ4n) is 5.78. The van der Waals surface area contributed by atoms with Crippen LogP contribution >= 0.6 is 39.1 Å². The number of hydrogen-bond acceptors (Lipinski definition) is 3. The highest BCUT2D eigenvalue weighted by Gasteiger charge is 2.50. The first-order chi connectivity index (χ1) is 16.2. The van der Waals surface area contributed by atoms with E-state index in [-0.39, 0.29) is 29.6 Å². The minimum atomic E-state index is -0.371. The molecule has 178 valence electrons. The van der Waals surface area contributed by atoms with E-state index in [0.29, 0.717) is 5.02 Å². The molecule has 0 amide bonds. The Morgan fingerprint density at radius 1 is 0.824 bits per heavy atom. The van der Waals surface area contributed by atoms with E-state index < -0.39 is 0 Å². The summed E-state index contributed by atoms with van der Waals surface area (Å²) in [7, 11) is 0. The molecule has 6 heteroatoms. The van der Waals surface area contributed by atoms with Gasteiger partial charge in [0, 0.05) is 44.4 Å². The molecule has 4 atom stereocenters. The lowest BCUT2D eigenvalue weighted by atomic mass is 9.66. The first kappa shape index (κ1) is 24.0. The third-order valence-corrected chi connectivity index (χ3v) is 8.32. The van der Waals surface area contributed by atoms with Crippen molar-refractivity contribution in [3.8, 4) is 0 Å². The van der Waals surface area contributed by atoms with Crippen molar-refractivity contribution < 1.29 is 5.11 Å². The molecule has 0 aromatic heterocycles. The normalized spacial score (nSPS) is 26.3. The Morgan fingerprint density at radius 3 is 1.97 bits per heavy atom. The topological polar surface area (TPSA) is 26.7 Å². The van der Waals surface area contributed by atoms with Crippen LogP contribution < -0.4 is 9.80 Å². The third-order valence-electron chi connectivity index (χ3n) is 7.29. The van der Waals surface area contributed by atoms with Crippen LogP contribution in [0.5, 0.6) is 0 Å². The molecule has 0 bridgehead atoms. The highest BCUT2D eigenvalue weighted by Crippen LogP contribution is 2.50. The lowest BCUT2D eigenvalue weighted by Crippen LogP contribution is -2.63. The number of halogens is 3. The molecule has 3 nitrogen and oxygen atoms in total. The van der Waals surface area contributed by atoms with E-state index in [4.69, 9.17) is 23.2 Å². The van der Waals surface area contributed by atoms with Crippen LogP contribution in [-0.2, 0) is 0 Å². The van der Waals surface area contributed by atoms with Gasteiger partial charge in [0.1, 0.15) is 6.17 Å². The standard InChI is InChI=1S/C28H29BrCl2N2O/c1-28(2)15-25-24(26(34)16-28)17-32(22-11-7-20(30)8-12-22)27(18-3-5-19(29)6-4-18)33(25)23-13-9-21(31)10-14-23/h3-14,24-27,34H,15-17H2,1-2H3. The predicted molar refractivity (Wildman–Crippen MR) is 146 cm³/mol. The van der Waals surface area contributed by atoms with Crippen molar-refractivity contribution in [2.24, 2.45) is 11.3 Å². The Balaban J connectivity index is 1.70. The van der Waals surface area contributed by atoms with Gasteiger partial charge in [0.2, 0.25) is 0 Å². The van der Waals surface area contributed by atoms with Crippen molar-refractivity contribution in [1.29, 1.82) is 0 Å². The van der Waals surface area contributed by atoms with Gasteiger partial charge >= 0.3 is 0 Å². The molecule has 1 saturated carbocycles. The molecule has 1 N–H and O–H groups in total. The van der Waals surface area contributed by atoms with Gasteiger partial charge in [-0.05, 0) is 84.5 Å². The van der Waals surface area contributed by atoms with Gasteiger partial charge in [-0.2, -0.15) is 0 Å². The summed E-state index contributed by atoms with van der Waals surface area (Å²) in [6.07, 6.45) is 1.40. The van der Waals surface area contributed by atoms with E-state index in [1.807, 2.05) is 24.3 Å². The molecule has 1 aliphatic heterocycles. The van der Waals surface area contributed by atoms with Gasteiger partial charge < -0.3 is 14.9 Å². The maximum atomic E-state index is 11.3. The zero-order valence-electron chi connectivity index (χ0n) is 19.3. The minimum absolute atomic E-state index is 0.0437. The highest BCUT2D eigenvalue weighted by atomic mass is 79.9. The molecule has 5 rings (SSSR count). The first-order valence-electron chi connectivity index (χ1n) is 11.7. The Kier molecular flexibility index (Phi) is 6.62. The number of aliphatic hydroxyl groups is 1.